The molecular formula is C28H36N2O. The van der Waals surface area contributed by atoms with E-state index in [0.717, 1.165) is 37.4 Å². The number of nitrogens with zero attached hydrogens (tertiary/aromatic N) is 2. The molecule has 0 saturated carbocycles. The number of carbonyl (C=O) groups excluding carboxylic acids is 1. The zero-order valence-electron chi connectivity index (χ0n) is 18.7. The quantitative estimate of drug-likeness (QED) is 0.282. The van der Waals surface area contributed by atoms with E-state index in [0.29, 0.717) is 6.42 Å². The Morgan fingerprint density at radius 1 is 1.00 bits per heavy atom. The van der Waals surface area contributed by atoms with Crippen molar-refractivity contribution in [1.82, 2.24) is 9.88 Å². The second-order valence-electron chi connectivity index (χ2n) is 8.64. The third-order valence-electron chi connectivity index (χ3n) is 6.28. The first-order valence-electron chi connectivity index (χ1n) is 11.8. The fourth-order valence-corrected chi connectivity index (χ4v) is 4.31. The molecule has 0 N–H and O–H groups in total. The van der Waals surface area contributed by atoms with E-state index in [9.17, 15) is 4.79 Å². The van der Waals surface area contributed by atoms with Crippen molar-refractivity contribution in [2.75, 3.05) is 13.1 Å². The highest BCUT2D eigenvalue weighted by atomic mass is 16.1. The van der Waals surface area contributed by atoms with Gasteiger partial charge in [0.1, 0.15) is 0 Å². The van der Waals surface area contributed by atoms with Crippen LogP contribution in [0.5, 0.6) is 0 Å². The summed E-state index contributed by atoms with van der Waals surface area (Å²) in [6, 6.07) is 14.4. The van der Waals surface area contributed by atoms with E-state index in [1.807, 2.05) is 18.2 Å². The molecule has 3 rings (SSSR count). The Morgan fingerprint density at radius 2 is 1.74 bits per heavy atom. The predicted octanol–water partition coefficient (Wildman–Crippen LogP) is 6.78. The number of aromatic nitrogens is 1. The van der Waals surface area contributed by atoms with Crippen LogP contribution >= 0.6 is 0 Å². The molecule has 0 amide bonds. The van der Waals surface area contributed by atoms with Gasteiger partial charge in [0.2, 0.25) is 0 Å². The van der Waals surface area contributed by atoms with Crippen LogP contribution in [0.2, 0.25) is 0 Å². The molecule has 2 heterocycles. The van der Waals surface area contributed by atoms with Crippen molar-refractivity contribution in [3.8, 4) is 0 Å². The number of piperidine rings is 1. The largest absolute Gasteiger partial charge is 0.372 e. The van der Waals surface area contributed by atoms with Gasteiger partial charge in [-0.3, -0.25) is 9.78 Å². The number of hydrogen-bond donors (Lipinski definition) is 0. The molecule has 164 valence electrons. The third kappa shape index (κ3) is 8.16. The molecule has 3 nitrogen and oxygen atoms in total. The molecule has 1 aromatic carbocycles. The molecule has 0 radical (unpaired) electrons. The zero-order chi connectivity index (χ0) is 21.7. The van der Waals surface area contributed by atoms with Crippen molar-refractivity contribution in [3.63, 3.8) is 0 Å². The number of ketones is 1. The minimum Gasteiger partial charge on any atom is -0.372 e. The highest BCUT2D eigenvalue weighted by Crippen LogP contribution is 2.28. The van der Waals surface area contributed by atoms with E-state index in [1.54, 1.807) is 18.5 Å². The summed E-state index contributed by atoms with van der Waals surface area (Å²) in [6.07, 6.45) is 17.6. The van der Waals surface area contributed by atoms with E-state index in [1.165, 1.54) is 49.8 Å². The summed E-state index contributed by atoms with van der Waals surface area (Å²) in [5.41, 5.74) is 3.39. The van der Waals surface area contributed by atoms with Crippen LogP contribution in [0, 0.1) is 5.92 Å². The molecule has 0 aliphatic carbocycles. The minimum absolute atomic E-state index is 0.215. The van der Waals surface area contributed by atoms with Crippen molar-refractivity contribution in [2.24, 2.45) is 5.92 Å². The van der Waals surface area contributed by atoms with Gasteiger partial charge in [-0.05, 0) is 54.5 Å². The Bertz CT molecular complexity index is 821. The van der Waals surface area contributed by atoms with Gasteiger partial charge in [-0.25, -0.2) is 0 Å². The van der Waals surface area contributed by atoms with Crippen LogP contribution in [-0.4, -0.2) is 28.8 Å². The summed E-state index contributed by atoms with van der Waals surface area (Å²) < 4.78 is 0. The zero-order valence-corrected chi connectivity index (χ0v) is 18.7. The molecule has 1 aliphatic heterocycles. The molecule has 3 heteroatoms. The van der Waals surface area contributed by atoms with Crippen molar-refractivity contribution >= 4 is 17.6 Å². The van der Waals surface area contributed by atoms with Gasteiger partial charge in [0.25, 0.3) is 0 Å². The topological polar surface area (TPSA) is 33.2 Å². The van der Waals surface area contributed by atoms with Crippen molar-refractivity contribution in [2.45, 2.75) is 57.8 Å². The molecule has 1 saturated heterocycles. The average molecular weight is 417 g/mol. The lowest BCUT2D eigenvalue weighted by Gasteiger charge is -2.35. The lowest BCUT2D eigenvalue weighted by atomic mass is 9.90. The fourth-order valence-electron chi connectivity index (χ4n) is 4.31. The monoisotopic (exact) mass is 416 g/mol. The highest BCUT2D eigenvalue weighted by molar-refractivity contribution is 5.93. The fraction of sp³-hybridized carbons (Fsp3) is 0.429. The lowest BCUT2D eigenvalue weighted by Crippen LogP contribution is -2.32. The molecule has 0 bridgehead atoms. The van der Waals surface area contributed by atoms with Crippen molar-refractivity contribution < 1.29 is 4.79 Å². The molecule has 31 heavy (non-hydrogen) atoms. The van der Waals surface area contributed by atoms with Gasteiger partial charge in [0.05, 0.1) is 0 Å². The summed E-state index contributed by atoms with van der Waals surface area (Å²) in [4.78, 5) is 18.5. The molecule has 0 spiro atoms. The highest BCUT2D eigenvalue weighted by Gasteiger charge is 2.20. The molecule has 0 unspecified atom stereocenters. The number of benzene rings is 1. The maximum Gasteiger partial charge on any atom is 0.155 e. The smallest absolute Gasteiger partial charge is 0.155 e. The second-order valence-corrected chi connectivity index (χ2v) is 8.64. The lowest BCUT2D eigenvalue weighted by molar-refractivity contribution is -0.114. The SMILES string of the molecule is C=C(c1ccccc1)N1CCC(CCCCCCCC(=O)/C=C/c2cccnc2)CC1. The number of pyridine rings is 1. The Kier molecular flexibility index (Phi) is 9.56. The Balaban J connectivity index is 1.20. The van der Waals surface area contributed by atoms with Crippen LogP contribution < -0.4 is 0 Å². The average Bonchev–Trinajstić information content (AvgIpc) is 2.83. The van der Waals surface area contributed by atoms with Gasteiger partial charge in [0, 0.05) is 37.6 Å². The normalized spacial score (nSPS) is 14.8. The summed E-state index contributed by atoms with van der Waals surface area (Å²) in [7, 11) is 0. The van der Waals surface area contributed by atoms with Gasteiger partial charge < -0.3 is 4.90 Å². The van der Waals surface area contributed by atoms with Crippen molar-refractivity contribution in [1.29, 1.82) is 0 Å². The van der Waals surface area contributed by atoms with Gasteiger partial charge in [0.15, 0.2) is 5.78 Å². The summed E-state index contributed by atoms with van der Waals surface area (Å²) >= 11 is 0. The molecular weight excluding hydrogens is 380 g/mol. The van der Waals surface area contributed by atoms with Gasteiger partial charge in [-0.15, -0.1) is 0 Å². The maximum atomic E-state index is 12.0. The van der Waals surface area contributed by atoms with Crippen LogP contribution in [0.4, 0.5) is 0 Å². The number of unbranched alkanes of at least 4 members (excludes halogenated alkanes) is 4. The minimum atomic E-state index is 0.215. The van der Waals surface area contributed by atoms with Crippen LogP contribution in [0.15, 0.2) is 67.5 Å². The Labute approximate surface area is 187 Å². The van der Waals surface area contributed by atoms with Crippen LogP contribution in [-0.2, 0) is 4.79 Å². The first-order valence-corrected chi connectivity index (χ1v) is 11.8. The van der Waals surface area contributed by atoms with E-state index in [4.69, 9.17) is 0 Å². The van der Waals surface area contributed by atoms with Gasteiger partial charge in [-0.1, -0.05) is 75.1 Å². The number of likely N-dealkylation sites (tertiary alicyclic amines) is 1. The van der Waals surface area contributed by atoms with Gasteiger partial charge >= 0.3 is 0 Å². The molecule has 1 aliphatic rings. The van der Waals surface area contributed by atoms with Crippen molar-refractivity contribution in [3.05, 3.63) is 78.6 Å². The molecule has 2 aromatic rings. The molecule has 0 atom stereocenters. The number of allylic oxidation sites excluding steroid dienone is 1. The predicted molar refractivity (Wildman–Crippen MR) is 130 cm³/mol. The maximum absolute atomic E-state index is 12.0. The standard InChI is InChI=1S/C28H36N2O/c1-24(27-13-7-5-8-14-27)30-21-18-25(19-22-30)11-6-3-2-4-9-15-28(31)17-16-26-12-10-20-29-23-26/h5,7-8,10,12-14,16-17,20,23,25H,1-4,6,9,11,15,18-19,21-22H2/b17-16+. The summed E-state index contributed by atoms with van der Waals surface area (Å²) in [6.45, 7) is 6.58. The first kappa shape index (κ1) is 23.0. The Morgan fingerprint density at radius 3 is 2.48 bits per heavy atom. The van der Waals surface area contributed by atoms with Crippen LogP contribution in [0.3, 0.4) is 0 Å². The first-order chi connectivity index (χ1) is 15.2. The van der Waals surface area contributed by atoms with Crippen LogP contribution in [0.25, 0.3) is 11.8 Å². The molecule has 1 fully saturated rings. The number of rotatable bonds is 12. The van der Waals surface area contributed by atoms with E-state index >= 15 is 0 Å². The Hall–Kier alpha value is -2.68. The van der Waals surface area contributed by atoms with Gasteiger partial charge in [-0.2, -0.15) is 0 Å². The van der Waals surface area contributed by atoms with E-state index < -0.39 is 0 Å². The van der Waals surface area contributed by atoms with E-state index in [2.05, 4.69) is 46.8 Å². The number of carbonyl (C=O) groups is 1. The third-order valence-corrected chi connectivity index (χ3v) is 6.28. The molecule has 1 aromatic heterocycles. The van der Waals surface area contributed by atoms with Crippen LogP contribution in [0.1, 0.15) is 68.9 Å². The van der Waals surface area contributed by atoms with E-state index in [-0.39, 0.29) is 5.78 Å². The second kappa shape index (κ2) is 12.9. The number of hydrogen-bond acceptors (Lipinski definition) is 3. The summed E-state index contributed by atoms with van der Waals surface area (Å²) in [5.74, 6) is 1.08. The summed E-state index contributed by atoms with van der Waals surface area (Å²) in [5, 5.41) is 0.